The molecule has 2 aliphatic heterocycles. The molecule has 1 unspecified atom stereocenters. The summed E-state index contributed by atoms with van der Waals surface area (Å²) in [5, 5.41) is 0.929. The number of hydrogen-bond acceptors (Lipinski definition) is 6. The number of hydrogen-bond donors (Lipinski definition) is 1. The standard InChI is InChI=1S/C25H27N3O6/c1-15(29)28(26-23(31)16-5-7-17(8-6-16)25(2,3)4)19-14-22(30)27(24(19)32)18-9-10-20-21(13-18)34-12-11-33-20/h5-10,13,19H,11-12,14H2,1-4H3,(H,26,31). The van der Waals surface area contributed by atoms with Crippen LogP contribution in [0.25, 0.3) is 0 Å². The zero-order valence-electron chi connectivity index (χ0n) is 19.6. The van der Waals surface area contributed by atoms with Gasteiger partial charge in [-0.25, -0.2) is 9.91 Å². The van der Waals surface area contributed by atoms with Gasteiger partial charge in [0, 0.05) is 18.6 Å². The molecule has 0 saturated carbocycles. The average molecular weight is 466 g/mol. The Bertz CT molecular complexity index is 1150. The molecule has 9 heteroatoms. The zero-order chi connectivity index (χ0) is 24.6. The number of imide groups is 1. The summed E-state index contributed by atoms with van der Waals surface area (Å²) in [6.45, 7) is 8.21. The minimum Gasteiger partial charge on any atom is -0.486 e. The Hall–Kier alpha value is -3.88. The monoisotopic (exact) mass is 465 g/mol. The Balaban J connectivity index is 1.53. The van der Waals surface area contributed by atoms with Crippen LogP contribution >= 0.6 is 0 Å². The van der Waals surface area contributed by atoms with Crippen molar-refractivity contribution >= 4 is 29.3 Å². The van der Waals surface area contributed by atoms with Crippen molar-refractivity contribution in [3.63, 3.8) is 0 Å². The fourth-order valence-electron chi connectivity index (χ4n) is 3.93. The van der Waals surface area contributed by atoms with Crippen molar-refractivity contribution < 1.29 is 28.7 Å². The van der Waals surface area contributed by atoms with Crippen molar-refractivity contribution in [2.24, 2.45) is 0 Å². The maximum atomic E-state index is 13.2. The summed E-state index contributed by atoms with van der Waals surface area (Å²) >= 11 is 0. The molecule has 1 atom stereocenters. The van der Waals surface area contributed by atoms with Gasteiger partial charge < -0.3 is 9.47 Å². The highest BCUT2D eigenvalue weighted by Gasteiger charge is 2.45. The predicted octanol–water partition coefficient (Wildman–Crippen LogP) is 2.58. The van der Waals surface area contributed by atoms with Gasteiger partial charge in [-0.1, -0.05) is 32.9 Å². The first-order chi connectivity index (χ1) is 16.1. The third kappa shape index (κ3) is 4.46. The minimum absolute atomic E-state index is 0.0750. The van der Waals surface area contributed by atoms with Crippen molar-refractivity contribution in [3.05, 3.63) is 53.6 Å². The Labute approximate surface area is 197 Å². The lowest BCUT2D eigenvalue weighted by Gasteiger charge is -2.27. The van der Waals surface area contributed by atoms with E-state index in [0.717, 1.165) is 15.5 Å². The van der Waals surface area contributed by atoms with Crippen molar-refractivity contribution in [2.75, 3.05) is 18.1 Å². The molecule has 0 bridgehead atoms. The second-order valence-corrected chi connectivity index (χ2v) is 9.27. The molecular weight excluding hydrogens is 438 g/mol. The Morgan fingerprint density at radius 1 is 1.00 bits per heavy atom. The number of nitrogens with one attached hydrogen (secondary N) is 1. The number of anilines is 1. The maximum absolute atomic E-state index is 13.2. The summed E-state index contributed by atoms with van der Waals surface area (Å²) in [6.07, 6.45) is -0.254. The summed E-state index contributed by atoms with van der Waals surface area (Å²) in [6, 6.07) is 10.6. The SMILES string of the molecule is CC(=O)N(NC(=O)c1ccc(C(C)(C)C)cc1)C1CC(=O)N(c2ccc3c(c2)OCCO3)C1=O. The molecule has 0 spiro atoms. The van der Waals surface area contributed by atoms with E-state index in [1.165, 1.54) is 6.92 Å². The number of fused-ring (bicyclic) bond motifs is 1. The number of nitrogens with zero attached hydrogens (tertiary/aromatic N) is 2. The molecule has 4 amide bonds. The maximum Gasteiger partial charge on any atom is 0.269 e. The number of hydrazine groups is 1. The predicted molar refractivity (Wildman–Crippen MR) is 123 cm³/mol. The molecule has 2 aliphatic rings. The van der Waals surface area contributed by atoms with Gasteiger partial charge in [-0.05, 0) is 35.2 Å². The van der Waals surface area contributed by atoms with Gasteiger partial charge in [0.15, 0.2) is 11.5 Å². The first-order valence-electron chi connectivity index (χ1n) is 11.0. The van der Waals surface area contributed by atoms with Crippen molar-refractivity contribution in [3.8, 4) is 11.5 Å². The van der Waals surface area contributed by atoms with Gasteiger partial charge in [-0.3, -0.25) is 24.6 Å². The third-order valence-corrected chi connectivity index (χ3v) is 5.79. The minimum atomic E-state index is -1.16. The van der Waals surface area contributed by atoms with Crippen molar-refractivity contribution in [1.82, 2.24) is 10.4 Å². The van der Waals surface area contributed by atoms with E-state index in [-0.39, 0.29) is 11.8 Å². The van der Waals surface area contributed by atoms with Crippen LogP contribution in [0, 0.1) is 0 Å². The first kappa shape index (κ1) is 23.3. The smallest absolute Gasteiger partial charge is 0.269 e. The summed E-state index contributed by atoms with van der Waals surface area (Å²) in [7, 11) is 0. The molecule has 0 aromatic heterocycles. The molecule has 2 aromatic carbocycles. The van der Waals surface area contributed by atoms with Crippen LogP contribution in [0.15, 0.2) is 42.5 Å². The normalized spacial score (nSPS) is 17.5. The molecule has 9 nitrogen and oxygen atoms in total. The van der Waals surface area contributed by atoms with Crippen LogP contribution < -0.4 is 19.8 Å². The number of carbonyl (C=O) groups excluding carboxylic acids is 4. The highest BCUT2D eigenvalue weighted by molar-refractivity contribution is 6.23. The van der Waals surface area contributed by atoms with Gasteiger partial charge in [0.2, 0.25) is 11.8 Å². The lowest BCUT2D eigenvalue weighted by Crippen LogP contribution is -2.54. The molecule has 4 rings (SSSR count). The van der Waals surface area contributed by atoms with E-state index in [4.69, 9.17) is 9.47 Å². The highest BCUT2D eigenvalue weighted by Crippen LogP contribution is 2.36. The fraction of sp³-hybridized carbons (Fsp3) is 0.360. The first-order valence-corrected chi connectivity index (χ1v) is 11.0. The van der Waals surface area contributed by atoms with Gasteiger partial charge in [0.25, 0.3) is 11.8 Å². The van der Waals surface area contributed by atoms with E-state index in [1.54, 1.807) is 30.3 Å². The van der Waals surface area contributed by atoms with Crippen LogP contribution in [0.4, 0.5) is 5.69 Å². The molecule has 178 valence electrons. The van der Waals surface area contributed by atoms with Crippen LogP contribution in [-0.2, 0) is 19.8 Å². The Morgan fingerprint density at radius 3 is 2.26 bits per heavy atom. The van der Waals surface area contributed by atoms with E-state index < -0.39 is 29.7 Å². The Morgan fingerprint density at radius 2 is 1.65 bits per heavy atom. The number of benzene rings is 2. The van der Waals surface area contributed by atoms with Crippen LogP contribution in [0.5, 0.6) is 11.5 Å². The van der Waals surface area contributed by atoms with Gasteiger partial charge in [-0.2, -0.15) is 0 Å². The van der Waals surface area contributed by atoms with Crippen LogP contribution in [0.1, 0.15) is 50.0 Å². The number of amides is 4. The van der Waals surface area contributed by atoms with Crippen molar-refractivity contribution in [2.45, 2.75) is 45.6 Å². The van der Waals surface area contributed by atoms with E-state index in [1.807, 2.05) is 12.1 Å². The number of carbonyl (C=O) groups is 4. The second kappa shape index (κ2) is 8.81. The summed E-state index contributed by atoms with van der Waals surface area (Å²) in [5.41, 5.74) is 4.13. The molecule has 2 aromatic rings. The van der Waals surface area contributed by atoms with Crippen LogP contribution in [-0.4, -0.2) is 47.9 Å². The summed E-state index contributed by atoms with van der Waals surface area (Å²) in [4.78, 5) is 52.1. The summed E-state index contributed by atoms with van der Waals surface area (Å²) in [5.74, 6) is -1.24. The molecule has 34 heavy (non-hydrogen) atoms. The van der Waals surface area contributed by atoms with Gasteiger partial charge >= 0.3 is 0 Å². The van der Waals surface area contributed by atoms with E-state index in [0.29, 0.717) is 36.0 Å². The average Bonchev–Trinajstić information content (AvgIpc) is 3.09. The van der Waals surface area contributed by atoms with Crippen molar-refractivity contribution in [1.29, 1.82) is 0 Å². The lowest BCUT2D eigenvalue weighted by atomic mass is 9.87. The third-order valence-electron chi connectivity index (χ3n) is 5.79. The number of rotatable bonds is 3. The largest absolute Gasteiger partial charge is 0.486 e. The molecular formula is C25H27N3O6. The molecule has 0 radical (unpaired) electrons. The van der Waals surface area contributed by atoms with Gasteiger partial charge in [0.05, 0.1) is 12.1 Å². The molecule has 2 heterocycles. The fourth-order valence-corrected chi connectivity index (χ4v) is 3.93. The second-order valence-electron chi connectivity index (χ2n) is 9.27. The van der Waals surface area contributed by atoms with Crippen LogP contribution in [0.2, 0.25) is 0 Å². The molecule has 1 fully saturated rings. The topological polar surface area (TPSA) is 105 Å². The van der Waals surface area contributed by atoms with E-state index in [9.17, 15) is 19.2 Å². The quantitative estimate of drug-likeness (QED) is 0.552. The van der Waals surface area contributed by atoms with Gasteiger partial charge in [0.1, 0.15) is 19.3 Å². The Kier molecular flexibility index (Phi) is 6.03. The number of ether oxygens (including phenoxy) is 2. The van der Waals surface area contributed by atoms with Crippen LogP contribution in [0.3, 0.4) is 0 Å². The van der Waals surface area contributed by atoms with E-state index in [2.05, 4.69) is 26.2 Å². The lowest BCUT2D eigenvalue weighted by molar-refractivity contribution is -0.139. The van der Waals surface area contributed by atoms with E-state index >= 15 is 0 Å². The zero-order valence-corrected chi connectivity index (χ0v) is 19.6. The molecule has 1 saturated heterocycles. The highest BCUT2D eigenvalue weighted by atomic mass is 16.6. The summed E-state index contributed by atoms with van der Waals surface area (Å²) < 4.78 is 11.0. The molecule has 0 aliphatic carbocycles. The molecule has 1 N–H and O–H groups in total. The van der Waals surface area contributed by atoms with Gasteiger partial charge in [-0.15, -0.1) is 0 Å².